The third-order valence-electron chi connectivity index (χ3n) is 4.99. The molecule has 2 N–H and O–H groups in total. The van der Waals surface area contributed by atoms with Crippen molar-refractivity contribution in [3.63, 3.8) is 0 Å². The molecule has 0 radical (unpaired) electrons. The van der Waals surface area contributed by atoms with Crippen molar-refractivity contribution in [2.45, 2.75) is 53.5 Å². The molecule has 0 spiro atoms. The summed E-state index contributed by atoms with van der Waals surface area (Å²) < 4.78 is 13.2. The molecule has 2 aromatic rings. The Kier molecular flexibility index (Phi) is 11.2. The molecule has 32 heavy (non-hydrogen) atoms. The van der Waals surface area contributed by atoms with E-state index >= 15 is 0 Å². The predicted molar refractivity (Wildman–Crippen MR) is 131 cm³/mol. The smallest absolute Gasteiger partial charge is 0.250 e. The Balaban J connectivity index is 1.82. The van der Waals surface area contributed by atoms with Crippen LogP contribution in [0, 0.1) is 6.92 Å². The molecule has 0 saturated heterocycles. The maximum absolute atomic E-state index is 11.9. The first-order valence-electron chi connectivity index (χ1n) is 11.7. The number of nitrogens with one attached hydrogen (secondary N) is 2. The first-order valence-corrected chi connectivity index (χ1v) is 11.7. The number of guanidine groups is 1. The zero-order valence-corrected chi connectivity index (χ0v) is 19.9. The van der Waals surface area contributed by atoms with Gasteiger partial charge in [0.15, 0.2) is 17.5 Å². The average molecular weight is 443 g/mol. The van der Waals surface area contributed by atoms with Crippen LogP contribution < -0.4 is 25.7 Å². The first kappa shape index (κ1) is 25.3. The fraction of sp³-hybridized carbons (Fsp3) is 0.520. The number of hydrogen-bond donors (Lipinski definition) is 2. The van der Waals surface area contributed by atoms with E-state index in [2.05, 4.69) is 28.6 Å². The van der Waals surface area contributed by atoms with Crippen molar-refractivity contribution in [2.24, 2.45) is 4.99 Å². The molecule has 1 heterocycles. The Hall–Kier alpha value is -2.96. The molecule has 7 heteroatoms. The third-order valence-corrected chi connectivity index (χ3v) is 4.99. The van der Waals surface area contributed by atoms with Crippen LogP contribution in [0.15, 0.2) is 46.2 Å². The Morgan fingerprint density at radius 1 is 1.00 bits per heavy atom. The van der Waals surface area contributed by atoms with Crippen LogP contribution in [0.5, 0.6) is 11.5 Å². The maximum Gasteiger partial charge on any atom is 0.250 e. The highest BCUT2D eigenvalue weighted by atomic mass is 16.5. The number of nitrogens with zero attached hydrogens (tertiary/aromatic N) is 2. The topological polar surface area (TPSA) is 76.9 Å². The highest BCUT2D eigenvalue weighted by Gasteiger charge is 2.06. The van der Waals surface area contributed by atoms with E-state index in [0.717, 1.165) is 62.0 Å². The molecule has 1 aromatic heterocycles. The van der Waals surface area contributed by atoms with Crippen molar-refractivity contribution >= 4 is 5.96 Å². The molecule has 176 valence electrons. The first-order chi connectivity index (χ1) is 15.6. The van der Waals surface area contributed by atoms with Gasteiger partial charge in [-0.05, 0) is 70.7 Å². The van der Waals surface area contributed by atoms with E-state index in [-0.39, 0.29) is 5.56 Å². The van der Waals surface area contributed by atoms with Crippen LogP contribution in [-0.4, -0.2) is 43.4 Å². The molecule has 0 fully saturated rings. The molecule has 0 aliphatic rings. The van der Waals surface area contributed by atoms with Gasteiger partial charge in [-0.25, -0.2) is 0 Å². The molecule has 2 rings (SSSR count). The maximum atomic E-state index is 11.9. The summed E-state index contributed by atoms with van der Waals surface area (Å²) in [5, 5.41) is 6.69. The minimum absolute atomic E-state index is 0.0605. The van der Waals surface area contributed by atoms with Gasteiger partial charge in [0.1, 0.15) is 0 Å². The number of rotatable bonds is 13. The summed E-state index contributed by atoms with van der Waals surface area (Å²) in [6.45, 7) is 12.2. The van der Waals surface area contributed by atoms with Gasteiger partial charge in [0.25, 0.3) is 5.56 Å². The number of hydrogen-bond acceptors (Lipinski definition) is 4. The highest BCUT2D eigenvalue weighted by Crippen LogP contribution is 2.28. The van der Waals surface area contributed by atoms with Crippen molar-refractivity contribution in [1.29, 1.82) is 0 Å². The van der Waals surface area contributed by atoms with Gasteiger partial charge in [0.2, 0.25) is 0 Å². The molecule has 0 unspecified atom stereocenters. The zero-order chi connectivity index (χ0) is 23.2. The normalized spacial score (nSPS) is 11.3. The van der Waals surface area contributed by atoms with E-state index in [1.54, 1.807) is 12.1 Å². The Morgan fingerprint density at radius 2 is 1.78 bits per heavy atom. The van der Waals surface area contributed by atoms with Gasteiger partial charge in [-0.2, -0.15) is 0 Å². The fourth-order valence-corrected chi connectivity index (χ4v) is 3.40. The second-order valence-corrected chi connectivity index (χ2v) is 7.45. The van der Waals surface area contributed by atoms with Gasteiger partial charge in [-0.3, -0.25) is 9.79 Å². The molecule has 0 amide bonds. The van der Waals surface area contributed by atoms with E-state index in [4.69, 9.17) is 9.47 Å². The number of pyridine rings is 1. The van der Waals surface area contributed by atoms with Gasteiger partial charge < -0.3 is 24.7 Å². The average Bonchev–Trinajstić information content (AvgIpc) is 2.77. The van der Waals surface area contributed by atoms with Crippen LogP contribution in [0.1, 0.15) is 44.9 Å². The largest absolute Gasteiger partial charge is 0.490 e. The van der Waals surface area contributed by atoms with Crippen LogP contribution >= 0.6 is 0 Å². The lowest BCUT2D eigenvalue weighted by Gasteiger charge is -2.14. The summed E-state index contributed by atoms with van der Waals surface area (Å²) in [5.74, 6) is 2.39. The number of aromatic nitrogens is 1. The van der Waals surface area contributed by atoms with Crippen LogP contribution in [0.25, 0.3) is 0 Å². The number of ether oxygens (including phenoxy) is 2. The summed E-state index contributed by atoms with van der Waals surface area (Å²) in [6, 6.07) is 11.5. The number of aliphatic imine (C=N–C) groups is 1. The Labute approximate surface area is 191 Å². The monoisotopic (exact) mass is 442 g/mol. The summed E-state index contributed by atoms with van der Waals surface area (Å²) in [4.78, 5) is 16.6. The van der Waals surface area contributed by atoms with Crippen LogP contribution in [0.2, 0.25) is 0 Å². The van der Waals surface area contributed by atoms with E-state index in [0.29, 0.717) is 19.8 Å². The summed E-state index contributed by atoms with van der Waals surface area (Å²) in [6.07, 6.45) is 2.70. The van der Waals surface area contributed by atoms with Gasteiger partial charge in [-0.15, -0.1) is 0 Å². The van der Waals surface area contributed by atoms with Crippen LogP contribution in [0.3, 0.4) is 0 Å². The molecule has 0 aliphatic heterocycles. The fourth-order valence-electron chi connectivity index (χ4n) is 3.40. The summed E-state index contributed by atoms with van der Waals surface area (Å²) >= 11 is 0. The van der Waals surface area contributed by atoms with Crippen molar-refractivity contribution in [2.75, 3.05) is 32.8 Å². The van der Waals surface area contributed by atoms with E-state index in [1.807, 2.05) is 43.5 Å². The van der Waals surface area contributed by atoms with Gasteiger partial charge >= 0.3 is 0 Å². The Bertz CT molecular complexity index is 908. The van der Waals surface area contributed by atoms with Gasteiger partial charge in [-0.1, -0.05) is 12.1 Å². The SMILES string of the molecule is CCNC(=NCCCCn1c(C)cccc1=O)NCCc1ccc(OCC)c(OCC)c1. The molecule has 0 bridgehead atoms. The Morgan fingerprint density at radius 3 is 2.50 bits per heavy atom. The molecule has 0 atom stereocenters. The van der Waals surface area contributed by atoms with Crippen LogP contribution in [-0.2, 0) is 13.0 Å². The minimum Gasteiger partial charge on any atom is -0.490 e. The number of aryl methyl sites for hydroxylation is 1. The molecule has 0 aliphatic carbocycles. The third kappa shape index (κ3) is 8.29. The molecule has 7 nitrogen and oxygen atoms in total. The predicted octanol–water partition coefficient (Wildman–Crippen LogP) is 3.53. The van der Waals surface area contributed by atoms with Crippen molar-refractivity contribution in [1.82, 2.24) is 15.2 Å². The van der Waals surface area contributed by atoms with Crippen molar-refractivity contribution in [3.8, 4) is 11.5 Å². The summed E-state index contributed by atoms with van der Waals surface area (Å²) in [5.41, 5.74) is 2.24. The number of benzene rings is 1. The van der Waals surface area contributed by atoms with Gasteiger partial charge in [0, 0.05) is 37.9 Å². The minimum atomic E-state index is 0.0605. The lowest BCUT2D eigenvalue weighted by molar-refractivity contribution is 0.287. The standard InChI is InChI=1S/C25H38N4O3/c1-5-26-25(27-16-8-9-18-29-20(4)11-10-12-24(29)30)28-17-15-21-13-14-22(31-6-2)23(19-21)32-7-3/h10-14,19H,5-9,15-18H2,1-4H3,(H2,26,27,28). The second-order valence-electron chi connectivity index (χ2n) is 7.45. The van der Waals surface area contributed by atoms with Gasteiger partial charge in [0.05, 0.1) is 13.2 Å². The highest BCUT2D eigenvalue weighted by molar-refractivity contribution is 5.79. The lowest BCUT2D eigenvalue weighted by Crippen LogP contribution is -2.38. The van der Waals surface area contributed by atoms with E-state index in [9.17, 15) is 4.79 Å². The number of unbranched alkanes of at least 4 members (excludes halogenated alkanes) is 1. The molecule has 0 saturated carbocycles. The van der Waals surface area contributed by atoms with Crippen molar-refractivity contribution in [3.05, 3.63) is 58.0 Å². The van der Waals surface area contributed by atoms with Crippen LogP contribution in [0.4, 0.5) is 0 Å². The summed E-state index contributed by atoms with van der Waals surface area (Å²) in [7, 11) is 0. The van der Waals surface area contributed by atoms with E-state index < -0.39 is 0 Å². The lowest BCUT2D eigenvalue weighted by atomic mass is 10.1. The zero-order valence-electron chi connectivity index (χ0n) is 19.9. The molecular formula is C25H38N4O3. The van der Waals surface area contributed by atoms with E-state index in [1.165, 1.54) is 5.56 Å². The molecule has 1 aromatic carbocycles. The quantitative estimate of drug-likeness (QED) is 0.282. The second kappa shape index (κ2) is 14.2. The molecular weight excluding hydrogens is 404 g/mol. The van der Waals surface area contributed by atoms with Crippen molar-refractivity contribution < 1.29 is 9.47 Å².